The second kappa shape index (κ2) is 5.21. The van der Waals surface area contributed by atoms with Crippen molar-refractivity contribution in [1.29, 1.82) is 0 Å². The highest BCUT2D eigenvalue weighted by Crippen LogP contribution is 2.24. The van der Waals surface area contributed by atoms with Crippen molar-refractivity contribution in [3.8, 4) is 0 Å². The topological polar surface area (TPSA) is 70.9 Å². The number of aromatic nitrogens is 1. The summed E-state index contributed by atoms with van der Waals surface area (Å²) in [4.78, 5) is 15.2. The van der Waals surface area contributed by atoms with Gasteiger partial charge >= 0.3 is 0 Å². The number of nitrogens with one attached hydrogen (secondary N) is 2. The van der Waals surface area contributed by atoms with E-state index >= 15 is 0 Å². The number of carbonyl (C=O) groups excluding carboxylic acids is 1. The molecule has 0 saturated heterocycles. The first-order valence-corrected chi connectivity index (χ1v) is 6.97. The minimum atomic E-state index is -0.419. The lowest BCUT2D eigenvalue weighted by molar-refractivity contribution is 0.102. The lowest BCUT2D eigenvalue weighted by Gasteiger charge is -2.06. The van der Waals surface area contributed by atoms with Crippen molar-refractivity contribution in [2.24, 2.45) is 0 Å². The summed E-state index contributed by atoms with van der Waals surface area (Å²) in [7, 11) is 0. The number of aromatic amines is 1. The molecule has 0 aliphatic carbocycles. The molecule has 3 rings (SSSR count). The van der Waals surface area contributed by atoms with Crippen LogP contribution in [0.2, 0.25) is 0 Å². The second-order valence-electron chi connectivity index (χ2n) is 4.61. The molecule has 0 spiro atoms. The molecule has 6 heteroatoms. The smallest absolute Gasteiger partial charge is 0.272 e. The zero-order valence-electron chi connectivity index (χ0n) is 10.8. The van der Waals surface area contributed by atoms with Crippen LogP contribution in [0.15, 0.2) is 46.9 Å². The number of nitrogens with two attached hydrogens (primary N) is 1. The number of hydrogen-bond acceptors (Lipinski definition) is 2. The predicted molar refractivity (Wildman–Crippen MR) is 84.8 cm³/mol. The van der Waals surface area contributed by atoms with Gasteiger partial charge in [-0.05, 0) is 58.4 Å². The molecule has 0 saturated carbocycles. The zero-order chi connectivity index (χ0) is 15.0. The first-order chi connectivity index (χ1) is 10.0. The summed E-state index contributed by atoms with van der Waals surface area (Å²) in [5.41, 5.74) is 7.90. The molecule has 0 atom stereocenters. The van der Waals surface area contributed by atoms with Crippen LogP contribution in [-0.2, 0) is 0 Å². The van der Waals surface area contributed by atoms with Crippen LogP contribution in [0.3, 0.4) is 0 Å². The Kier molecular flexibility index (Phi) is 3.39. The Hall–Kier alpha value is -2.34. The number of rotatable bonds is 2. The van der Waals surface area contributed by atoms with E-state index < -0.39 is 5.82 Å². The Morgan fingerprint density at radius 1 is 1.19 bits per heavy atom. The number of amides is 1. The molecule has 0 bridgehead atoms. The Labute approximate surface area is 128 Å². The van der Waals surface area contributed by atoms with Crippen molar-refractivity contribution in [3.05, 3.63) is 58.4 Å². The molecule has 0 radical (unpaired) electrons. The molecule has 3 aromatic rings. The molecule has 4 nitrogen and oxygen atoms in total. The van der Waals surface area contributed by atoms with Gasteiger partial charge in [0.1, 0.15) is 11.5 Å². The van der Waals surface area contributed by atoms with Crippen molar-refractivity contribution in [2.75, 3.05) is 11.1 Å². The third-order valence-electron chi connectivity index (χ3n) is 3.07. The first kappa shape index (κ1) is 13.6. The molecule has 106 valence electrons. The molecular formula is C15H11BrFN3O. The van der Waals surface area contributed by atoms with Gasteiger partial charge in [-0.2, -0.15) is 0 Å². The number of hydrogen-bond donors (Lipinski definition) is 3. The monoisotopic (exact) mass is 347 g/mol. The summed E-state index contributed by atoms with van der Waals surface area (Å²) in [6.07, 6.45) is 0. The average Bonchev–Trinajstić information content (AvgIpc) is 2.86. The third kappa shape index (κ3) is 2.75. The summed E-state index contributed by atoms with van der Waals surface area (Å²) in [6.45, 7) is 0. The van der Waals surface area contributed by atoms with Crippen LogP contribution in [-0.4, -0.2) is 10.9 Å². The highest BCUT2D eigenvalue weighted by molar-refractivity contribution is 9.10. The molecule has 0 aliphatic rings. The average molecular weight is 348 g/mol. The standard InChI is InChI=1S/C15H11BrFN3O/c16-11-3-1-9(17)7-13(11)20-15(21)14-6-8-5-10(18)2-4-12(8)19-14/h1-7,19H,18H2,(H,20,21). The van der Waals surface area contributed by atoms with Crippen LogP contribution >= 0.6 is 15.9 Å². The number of fused-ring (bicyclic) bond motifs is 1. The molecular weight excluding hydrogens is 337 g/mol. The van der Waals surface area contributed by atoms with Gasteiger partial charge in [0.05, 0.1) is 5.69 Å². The van der Waals surface area contributed by atoms with Gasteiger partial charge in [-0.3, -0.25) is 4.79 Å². The Balaban J connectivity index is 1.91. The molecule has 21 heavy (non-hydrogen) atoms. The molecule has 0 fully saturated rings. The van der Waals surface area contributed by atoms with Crippen molar-refractivity contribution >= 4 is 44.1 Å². The lowest BCUT2D eigenvalue weighted by Crippen LogP contribution is -2.12. The summed E-state index contributed by atoms with van der Waals surface area (Å²) in [6, 6.07) is 11.1. The van der Waals surface area contributed by atoms with Crippen molar-refractivity contribution < 1.29 is 9.18 Å². The van der Waals surface area contributed by atoms with Crippen LogP contribution in [0.1, 0.15) is 10.5 Å². The van der Waals surface area contributed by atoms with Crippen LogP contribution in [0.25, 0.3) is 10.9 Å². The van der Waals surface area contributed by atoms with Gasteiger partial charge in [-0.15, -0.1) is 0 Å². The summed E-state index contributed by atoms with van der Waals surface area (Å²) in [5, 5.41) is 3.50. The number of anilines is 2. The van der Waals surface area contributed by atoms with E-state index in [1.165, 1.54) is 18.2 Å². The zero-order valence-corrected chi connectivity index (χ0v) is 12.4. The Morgan fingerprint density at radius 2 is 2.00 bits per heavy atom. The van der Waals surface area contributed by atoms with Crippen LogP contribution < -0.4 is 11.1 Å². The quantitative estimate of drug-likeness (QED) is 0.615. The number of H-pyrrole nitrogens is 1. The van der Waals surface area contributed by atoms with Crippen LogP contribution in [0, 0.1) is 5.82 Å². The fourth-order valence-electron chi connectivity index (χ4n) is 2.06. The second-order valence-corrected chi connectivity index (χ2v) is 5.46. The highest BCUT2D eigenvalue weighted by Gasteiger charge is 2.12. The Bertz CT molecular complexity index is 844. The number of benzene rings is 2. The third-order valence-corrected chi connectivity index (χ3v) is 3.76. The first-order valence-electron chi connectivity index (χ1n) is 6.17. The highest BCUT2D eigenvalue weighted by atomic mass is 79.9. The van der Waals surface area contributed by atoms with E-state index in [1.54, 1.807) is 24.3 Å². The van der Waals surface area contributed by atoms with E-state index in [4.69, 9.17) is 5.73 Å². The van der Waals surface area contributed by atoms with Gasteiger partial charge in [-0.1, -0.05) is 0 Å². The van der Waals surface area contributed by atoms with Gasteiger partial charge in [0.25, 0.3) is 5.91 Å². The van der Waals surface area contributed by atoms with E-state index in [0.717, 1.165) is 10.9 Å². The number of nitrogen functional groups attached to an aromatic ring is 1. The van der Waals surface area contributed by atoms with Gasteiger partial charge in [0, 0.05) is 21.1 Å². The van der Waals surface area contributed by atoms with E-state index in [9.17, 15) is 9.18 Å². The van der Waals surface area contributed by atoms with Crippen LogP contribution in [0.5, 0.6) is 0 Å². The van der Waals surface area contributed by atoms with Gasteiger partial charge in [-0.25, -0.2) is 4.39 Å². The summed E-state index contributed by atoms with van der Waals surface area (Å²) < 4.78 is 13.8. The molecule has 0 unspecified atom stereocenters. The van der Waals surface area contributed by atoms with Crippen molar-refractivity contribution in [1.82, 2.24) is 4.98 Å². The van der Waals surface area contributed by atoms with Gasteiger partial charge < -0.3 is 16.0 Å². The molecule has 0 aliphatic heterocycles. The van der Waals surface area contributed by atoms with E-state index in [0.29, 0.717) is 21.5 Å². The molecule has 1 amide bonds. The van der Waals surface area contributed by atoms with Gasteiger partial charge in [0.15, 0.2) is 0 Å². The fraction of sp³-hybridized carbons (Fsp3) is 0. The minimum absolute atomic E-state index is 0.351. The van der Waals surface area contributed by atoms with Crippen molar-refractivity contribution in [2.45, 2.75) is 0 Å². The maximum Gasteiger partial charge on any atom is 0.272 e. The number of carbonyl (C=O) groups is 1. The normalized spacial score (nSPS) is 10.8. The fourth-order valence-corrected chi connectivity index (χ4v) is 2.40. The molecule has 1 heterocycles. The van der Waals surface area contributed by atoms with Crippen LogP contribution in [0.4, 0.5) is 15.8 Å². The molecule has 4 N–H and O–H groups in total. The maximum absolute atomic E-state index is 13.2. The molecule has 1 aromatic heterocycles. The lowest BCUT2D eigenvalue weighted by atomic mass is 10.2. The SMILES string of the molecule is Nc1ccc2[nH]c(C(=O)Nc3cc(F)ccc3Br)cc2c1. The molecule has 2 aromatic carbocycles. The largest absolute Gasteiger partial charge is 0.399 e. The number of halogens is 2. The Morgan fingerprint density at radius 3 is 2.81 bits per heavy atom. The van der Waals surface area contributed by atoms with E-state index in [2.05, 4.69) is 26.2 Å². The van der Waals surface area contributed by atoms with E-state index in [-0.39, 0.29) is 5.91 Å². The predicted octanol–water partition coefficient (Wildman–Crippen LogP) is 3.90. The van der Waals surface area contributed by atoms with Gasteiger partial charge in [0.2, 0.25) is 0 Å². The summed E-state index contributed by atoms with van der Waals surface area (Å²) >= 11 is 3.27. The summed E-state index contributed by atoms with van der Waals surface area (Å²) in [5.74, 6) is -0.769. The van der Waals surface area contributed by atoms with Crippen molar-refractivity contribution in [3.63, 3.8) is 0 Å². The maximum atomic E-state index is 13.2. The van der Waals surface area contributed by atoms with E-state index in [1.807, 2.05) is 0 Å². The minimum Gasteiger partial charge on any atom is -0.399 e.